The molecule has 2 aliphatic heterocycles. The van der Waals surface area contributed by atoms with E-state index in [-0.39, 0.29) is 47.4 Å². The Labute approximate surface area is 136 Å². The number of hydrogen-bond donors (Lipinski definition) is 0. The van der Waals surface area contributed by atoms with Gasteiger partial charge in [-0.05, 0) is 25.7 Å². The molecule has 8 heteroatoms. The molecule has 1 aliphatic carbocycles. The van der Waals surface area contributed by atoms with E-state index in [4.69, 9.17) is 9.47 Å². The van der Waals surface area contributed by atoms with Gasteiger partial charge in [-0.15, -0.1) is 0 Å². The molecule has 0 aromatic heterocycles. The van der Waals surface area contributed by atoms with Crippen LogP contribution in [0.4, 0.5) is 0 Å². The topological polar surface area (TPSA) is 90.0 Å². The number of amides is 1. The minimum atomic E-state index is -3.07. The van der Waals surface area contributed by atoms with Gasteiger partial charge in [-0.25, -0.2) is 8.42 Å². The maximum absolute atomic E-state index is 12.8. The smallest absolute Gasteiger partial charge is 0.309 e. The van der Waals surface area contributed by atoms with Crippen LogP contribution in [0, 0.1) is 11.8 Å². The number of hydrogen-bond acceptors (Lipinski definition) is 6. The van der Waals surface area contributed by atoms with E-state index in [1.54, 1.807) is 4.90 Å². The van der Waals surface area contributed by atoms with Crippen molar-refractivity contribution in [2.24, 2.45) is 11.8 Å². The zero-order valence-corrected chi connectivity index (χ0v) is 14.1. The van der Waals surface area contributed by atoms with Crippen molar-refractivity contribution in [3.05, 3.63) is 0 Å². The lowest BCUT2D eigenvalue weighted by Gasteiger charge is -2.30. The Kier molecular flexibility index (Phi) is 4.64. The van der Waals surface area contributed by atoms with Crippen molar-refractivity contribution in [2.45, 2.75) is 37.8 Å². The standard InChI is InChI=1S/C15H23NO6S/c1-21-15(18)13-7-12(13)14(17)16(8-11-3-2-5-22-11)10-4-6-23(19,20)9-10/h10-13H,2-9H2,1H3. The number of methoxy groups -OCH3 is 1. The van der Waals surface area contributed by atoms with Crippen molar-refractivity contribution in [3.63, 3.8) is 0 Å². The Morgan fingerprint density at radius 2 is 2.04 bits per heavy atom. The number of carbonyl (C=O) groups excluding carboxylic acids is 2. The van der Waals surface area contributed by atoms with Gasteiger partial charge in [0.05, 0.1) is 36.6 Å². The van der Waals surface area contributed by atoms with E-state index in [1.807, 2.05) is 0 Å². The van der Waals surface area contributed by atoms with E-state index < -0.39 is 9.84 Å². The number of nitrogens with zero attached hydrogens (tertiary/aromatic N) is 1. The summed E-state index contributed by atoms with van der Waals surface area (Å²) in [6.45, 7) is 1.10. The molecule has 0 spiro atoms. The minimum absolute atomic E-state index is 0.0150. The van der Waals surface area contributed by atoms with Gasteiger partial charge in [0, 0.05) is 19.2 Å². The third-order valence-corrected chi connectivity index (χ3v) is 6.72. The fraction of sp³-hybridized carbons (Fsp3) is 0.867. The monoisotopic (exact) mass is 345 g/mol. The number of sulfone groups is 1. The number of carbonyl (C=O) groups is 2. The van der Waals surface area contributed by atoms with Gasteiger partial charge >= 0.3 is 5.97 Å². The molecule has 3 rings (SSSR count). The lowest BCUT2D eigenvalue weighted by atomic mass is 10.1. The van der Waals surface area contributed by atoms with Crippen LogP contribution in [0.2, 0.25) is 0 Å². The fourth-order valence-electron chi connectivity index (χ4n) is 3.54. The molecule has 2 saturated heterocycles. The first-order chi connectivity index (χ1) is 10.9. The molecule has 4 unspecified atom stereocenters. The van der Waals surface area contributed by atoms with Crippen molar-refractivity contribution in [1.29, 1.82) is 0 Å². The van der Waals surface area contributed by atoms with Crippen LogP contribution in [0.1, 0.15) is 25.7 Å². The Balaban J connectivity index is 1.70. The molecule has 1 amide bonds. The summed E-state index contributed by atoms with van der Waals surface area (Å²) >= 11 is 0. The second-order valence-corrected chi connectivity index (χ2v) is 8.88. The van der Waals surface area contributed by atoms with Crippen molar-refractivity contribution in [2.75, 3.05) is 31.8 Å². The van der Waals surface area contributed by atoms with Gasteiger partial charge in [0.1, 0.15) is 0 Å². The van der Waals surface area contributed by atoms with Crippen LogP contribution in [0.3, 0.4) is 0 Å². The van der Waals surface area contributed by atoms with E-state index in [9.17, 15) is 18.0 Å². The normalized spacial score (nSPS) is 35.0. The molecule has 3 aliphatic rings. The van der Waals surface area contributed by atoms with Gasteiger partial charge < -0.3 is 14.4 Å². The molecule has 0 aromatic rings. The van der Waals surface area contributed by atoms with Gasteiger partial charge in [-0.2, -0.15) is 0 Å². The van der Waals surface area contributed by atoms with Crippen LogP contribution in [0.15, 0.2) is 0 Å². The summed E-state index contributed by atoms with van der Waals surface area (Å²) in [5.41, 5.74) is 0. The van der Waals surface area contributed by atoms with Gasteiger partial charge in [0.2, 0.25) is 5.91 Å². The van der Waals surface area contributed by atoms with E-state index in [1.165, 1.54) is 7.11 Å². The van der Waals surface area contributed by atoms with Gasteiger partial charge in [0.25, 0.3) is 0 Å². The van der Waals surface area contributed by atoms with Crippen molar-refractivity contribution >= 4 is 21.7 Å². The summed E-state index contributed by atoms with van der Waals surface area (Å²) < 4.78 is 33.8. The zero-order chi connectivity index (χ0) is 16.6. The molecule has 4 atom stereocenters. The molecule has 23 heavy (non-hydrogen) atoms. The first-order valence-corrected chi connectivity index (χ1v) is 9.94. The van der Waals surface area contributed by atoms with Gasteiger partial charge in [0.15, 0.2) is 9.84 Å². The predicted octanol–water partition coefficient (Wildman–Crippen LogP) is -0.00980. The molecule has 0 bridgehead atoms. The van der Waals surface area contributed by atoms with Gasteiger partial charge in [-0.3, -0.25) is 9.59 Å². The summed E-state index contributed by atoms with van der Waals surface area (Å²) in [7, 11) is -1.76. The SMILES string of the molecule is COC(=O)C1CC1C(=O)N(CC1CCCO1)C1CCS(=O)(=O)C1. The summed E-state index contributed by atoms with van der Waals surface area (Å²) in [5, 5.41) is 0. The number of ether oxygens (including phenoxy) is 2. The maximum Gasteiger partial charge on any atom is 0.309 e. The van der Waals surface area contributed by atoms with Crippen molar-refractivity contribution in [3.8, 4) is 0 Å². The predicted molar refractivity (Wildman–Crippen MR) is 81.4 cm³/mol. The Hall–Kier alpha value is -1.15. The third-order valence-electron chi connectivity index (χ3n) is 4.97. The van der Waals surface area contributed by atoms with E-state index in [0.29, 0.717) is 26.0 Å². The van der Waals surface area contributed by atoms with Crippen LogP contribution in [-0.2, 0) is 28.9 Å². The van der Waals surface area contributed by atoms with E-state index >= 15 is 0 Å². The van der Waals surface area contributed by atoms with Crippen LogP contribution < -0.4 is 0 Å². The quantitative estimate of drug-likeness (QED) is 0.651. The first kappa shape index (κ1) is 16.7. The maximum atomic E-state index is 12.8. The lowest BCUT2D eigenvalue weighted by Crippen LogP contribution is -2.46. The molecular weight excluding hydrogens is 322 g/mol. The van der Waals surface area contributed by atoms with Crippen LogP contribution >= 0.6 is 0 Å². The number of esters is 1. The molecule has 0 radical (unpaired) electrons. The summed E-state index contributed by atoms with van der Waals surface area (Å²) in [5.74, 6) is -1.10. The van der Waals surface area contributed by atoms with Crippen molar-refractivity contribution < 1.29 is 27.5 Å². The first-order valence-electron chi connectivity index (χ1n) is 8.11. The Morgan fingerprint density at radius 1 is 1.26 bits per heavy atom. The van der Waals surface area contributed by atoms with E-state index in [2.05, 4.69) is 0 Å². The molecule has 1 saturated carbocycles. The molecule has 7 nitrogen and oxygen atoms in total. The second-order valence-electron chi connectivity index (χ2n) is 6.65. The van der Waals surface area contributed by atoms with Crippen LogP contribution in [0.25, 0.3) is 0 Å². The zero-order valence-electron chi connectivity index (χ0n) is 13.3. The summed E-state index contributed by atoms with van der Waals surface area (Å²) in [4.78, 5) is 26.0. The average Bonchev–Trinajstić information content (AvgIpc) is 2.99. The Morgan fingerprint density at radius 3 is 2.61 bits per heavy atom. The second kappa shape index (κ2) is 6.39. The highest BCUT2D eigenvalue weighted by Gasteiger charge is 2.52. The summed E-state index contributed by atoms with van der Waals surface area (Å²) in [6, 6.07) is -0.296. The Bertz CT molecular complexity index is 583. The lowest BCUT2D eigenvalue weighted by molar-refractivity contribution is -0.145. The highest BCUT2D eigenvalue weighted by molar-refractivity contribution is 7.91. The van der Waals surface area contributed by atoms with Gasteiger partial charge in [-0.1, -0.05) is 0 Å². The number of rotatable bonds is 5. The molecule has 3 fully saturated rings. The van der Waals surface area contributed by atoms with Crippen LogP contribution in [-0.4, -0.2) is 69.1 Å². The fourth-order valence-corrected chi connectivity index (χ4v) is 5.27. The summed E-state index contributed by atoms with van der Waals surface area (Å²) in [6.07, 6.45) is 2.78. The average molecular weight is 345 g/mol. The van der Waals surface area contributed by atoms with E-state index in [0.717, 1.165) is 12.8 Å². The molecule has 130 valence electrons. The highest BCUT2D eigenvalue weighted by atomic mass is 32.2. The molecule has 0 N–H and O–H groups in total. The minimum Gasteiger partial charge on any atom is -0.469 e. The largest absolute Gasteiger partial charge is 0.469 e. The molecule has 2 heterocycles. The molecular formula is C15H23NO6S. The third kappa shape index (κ3) is 3.68. The van der Waals surface area contributed by atoms with Crippen LogP contribution in [0.5, 0.6) is 0 Å². The highest BCUT2D eigenvalue weighted by Crippen LogP contribution is 2.41. The molecule has 0 aromatic carbocycles. The van der Waals surface area contributed by atoms with Crippen molar-refractivity contribution in [1.82, 2.24) is 4.90 Å².